The van der Waals surface area contributed by atoms with E-state index in [4.69, 9.17) is 16.3 Å². The summed E-state index contributed by atoms with van der Waals surface area (Å²) >= 11 is 5.99. The Morgan fingerprint density at radius 2 is 1.97 bits per heavy atom. The summed E-state index contributed by atoms with van der Waals surface area (Å²) in [6, 6.07) is 4.84. The van der Waals surface area contributed by atoms with Gasteiger partial charge in [-0.1, -0.05) is 11.6 Å². The fraction of sp³-hybridized carbons (Fsp3) is 0.421. The van der Waals surface area contributed by atoms with Crippen molar-refractivity contribution in [2.75, 3.05) is 57.5 Å². The van der Waals surface area contributed by atoms with Crippen LogP contribution >= 0.6 is 11.6 Å². The minimum absolute atomic E-state index is 0.170. The Morgan fingerprint density at radius 1 is 1.26 bits per heavy atom. The van der Waals surface area contributed by atoms with Crippen molar-refractivity contribution in [3.8, 4) is 5.75 Å². The summed E-state index contributed by atoms with van der Waals surface area (Å²) in [5.41, 5.74) is 0.915. The van der Waals surface area contributed by atoms with E-state index in [1.54, 1.807) is 25.2 Å². The van der Waals surface area contributed by atoms with Gasteiger partial charge in [0, 0.05) is 38.8 Å². The minimum atomic E-state index is -4.25. The summed E-state index contributed by atoms with van der Waals surface area (Å²) in [6.45, 7) is -0.177. The highest BCUT2D eigenvalue weighted by atomic mass is 35.5. The number of carbonyl (C=O) groups excluding carboxylic acids is 1. The van der Waals surface area contributed by atoms with Crippen molar-refractivity contribution < 1.29 is 22.7 Å². The fourth-order valence-corrected chi connectivity index (χ4v) is 3.38. The van der Waals surface area contributed by atoms with Crippen LogP contribution in [0.1, 0.15) is 10.4 Å². The van der Waals surface area contributed by atoms with E-state index in [1.807, 2.05) is 0 Å². The molecule has 0 unspecified atom stereocenters. The van der Waals surface area contributed by atoms with Gasteiger partial charge in [0.1, 0.15) is 16.6 Å². The van der Waals surface area contributed by atoms with Crippen LogP contribution in [-0.4, -0.2) is 78.7 Å². The Labute approximate surface area is 182 Å². The van der Waals surface area contributed by atoms with Crippen molar-refractivity contribution in [2.45, 2.75) is 6.18 Å². The monoisotopic (exact) mass is 458 g/mol. The Bertz CT molecular complexity index is 935. The molecule has 2 N–H and O–H groups in total. The zero-order chi connectivity index (χ0) is 22.6. The first-order valence-corrected chi connectivity index (χ1v) is 9.81. The standard InChI is InChI=1S/C19H22ClF3N6O2/c1-24-16-13(20)10-25-18(27-16)26-14-4-3-12(9-15(14)31-2)17(30)29-7-5-28(6-8-29)11-19(21,22)23/h3-4,9-10H,5-8,11H2,1-2H3,(H2,24,25,26,27). The molecular formula is C19H22ClF3N6O2. The molecule has 0 aliphatic carbocycles. The fourth-order valence-electron chi connectivity index (χ4n) is 3.20. The van der Waals surface area contributed by atoms with Crippen molar-refractivity contribution in [1.82, 2.24) is 19.8 Å². The number of alkyl halides is 3. The Hall–Kier alpha value is -2.79. The largest absolute Gasteiger partial charge is 0.495 e. The van der Waals surface area contributed by atoms with Crippen molar-refractivity contribution in [3.05, 3.63) is 35.0 Å². The summed E-state index contributed by atoms with van der Waals surface area (Å²) in [6.07, 6.45) is -2.80. The Balaban J connectivity index is 1.69. The van der Waals surface area contributed by atoms with Gasteiger partial charge in [-0.3, -0.25) is 9.69 Å². The molecule has 8 nitrogen and oxygen atoms in total. The van der Waals surface area contributed by atoms with E-state index in [-0.39, 0.29) is 38.0 Å². The number of nitrogens with one attached hydrogen (secondary N) is 2. The smallest absolute Gasteiger partial charge is 0.401 e. The summed E-state index contributed by atoms with van der Waals surface area (Å²) in [5.74, 6) is 0.865. The number of benzene rings is 1. The van der Waals surface area contributed by atoms with E-state index in [0.717, 1.165) is 0 Å². The van der Waals surface area contributed by atoms with Crippen molar-refractivity contribution in [2.24, 2.45) is 0 Å². The number of hydrogen-bond acceptors (Lipinski definition) is 7. The molecule has 168 valence electrons. The molecule has 1 aliphatic rings. The molecule has 0 spiro atoms. The molecule has 12 heteroatoms. The number of piperazine rings is 1. The molecule has 0 atom stereocenters. The van der Waals surface area contributed by atoms with Gasteiger partial charge in [-0.15, -0.1) is 0 Å². The zero-order valence-electron chi connectivity index (χ0n) is 17.0. The van der Waals surface area contributed by atoms with Gasteiger partial charge in [-0.25, -0.2) is 4.98 Å². The predicted octanol–water partition coefficient (Wildman–Crippen LogP) is 3.24. The molecule has 1 saturated heterocycles. The minimum Gasteiger partial charge on any atom is -0.495 e. The third kappa shape index (κ3) is 5.88. The second-order valence-electron chi connectivity index (χ2n) is 6.86. The van der Waals surface area contributed by atoms with Gasteiger partial charge >= 0.3 is 6.18 Å². The van der Waals surface area contributed by atoms with Gasteiger partial charge in [0.15, 0.2) is 0 Å². The maximum Gasteiger partial charge on any atom is 0.401 e. The number of rotatable bonds is 6. The van der Waals surface area contributed by atoms with Crippen LogP contribution in [0.3, 0.4) is 0 Å². The summed E-state index contributed by atoms with van der Waals surface area (Å²) in [5, 5.41) is 6.24. The lowest BCUT2D eigenvalue weighted by molar-refractivity contribution is -0.148. The van der Waals surface area contributed by atoms with Gasteiger partial charge in [0.25, 0.3) is 5.91 Å². The van der Waals surface area contributed by atoms with E-state index >= 15 is 0 Å². The second-order valence-corrected chi connectivity index (χ2v) is 7.27. The zero-order valence-corrected chi connectivity index (χ0v) is 17.7. The number of halogens is 4. The molecule has 1 fully saturated rings. The summed E-state index contributed by atoms with van der Waals surface area (Å²) in [4.78, 5) is 24.0. The molecule has 1 aromatic heterocycles. The molecule has 2 heterocycles. The van der Waals surface area contributed by atoms with E-state index in [9.17, 15) is 18.0 Å². The molecule has 1 aromatic carbocycles. The maximum absolute atomic E-state index is 12.8. The van der Waals surface area contributed by atoms with E-state index in [0.29, 0.717) is 27.8 Å². The molecule has 1 aliphatic heterocycles. The third-order valence-corrected chi connectivity index (χ3v) is 5.01. The van der Waals surface area contributed by atoms with Crippen LogP contribution in [0.4, 0.5) is 30.6 Å². The van der Waals surface area contributed by atoms with Crippen LogP contribution in [0, 0.1) is 0 Å². The average molecular weight is 459 g/mol. The topological polar surface area (TPSA) is 82.6 Å². The normalized spacial score (nSPS) is 15.0. The van der Waals surface area contributed by atoms with Crippen molar-refractivity contribution >= 4 is 35.0 Å². The predicted molar refractivity (Wildman–Crippen MR) is 111 cm³/mol. The maximum atomic E-state index is 12.8. The van der Waals surface area contributed by atoms with Crippen LogP contribution in [-0.2, 0) is 0 Å². The summed E-state index contributed by atoms with van der Waals surface area (Å²) < 4.78 is 43.0. The number of anilines is 3. The van der Waals surface area contributed by atoms with E-state index in [2.05, 4.69) is 20.6 Å². The van der Waals surface area contributed by atoms with Crippen LogP contribution < -0.4 is 15.4 Å². The lowest BCUT2D eigenvalue weighted by atomic mass is 10.1. The van der Waals surface area contributed by atoms with Gasteiger partial charge < -0.3 is 20.3 Å². The molecule has 0 radical (unpaired) electrons. The van der Waals surface area contributed by atoms with Crippen molar-refractivity contribution in [3.63, 3.8) is 0 Å². The van der Waals surface area contributed by atoms with Gasteiger partial charge in [0.2, 0.25) is 5.95 Å². The van der Waals surface area contributed by atoms with E-state index < -0.39 is 12.7 Å². The highest BCUT2D eigenvalue weighted by Gasteiger charge is 2.33. The van der Waals surface area contributed by atoms with Gasteiger partial charge in [-0.05, 0) is 18.2 Å². The highest BCUT2D eigenvalue weighted by Crippen LogP contribution is 2.29. The first kappa shape index (κ1) is 22.9. The number of methoxy groups -OCH3 is 1. The molecule has 0 saturated carbocycles. The number of carbonyl (C=O) groups is 1. The first-order chi connectivity index (χ1) is 14.7. The number of amides is 1. The average Bonchev–Trinajstić information content (AvgIpc) is 2.74. The SMILES string of the molecule is CNc1nc(Nc2ccc(C(=O)N3CCN(CC(F)(F)F)CC3)cc2OC)ncc1Cl. The van der Waals surface area contributed by atoms with E-state index in [1.165, 1.54) is 23.1 Å². The quantitative estimate of drug-likeness (QED) is 0.687. The van der Waals surface area contributed by atoms with Gasteiger partial charge in [-0.2, -0.15) is 18.2 Å². The van der Waals surface area contributed by atoms with Crippen LogP contribution in [0.2, 0.25) is 5.02 Å². The summed E-state index contributed by atoms with van der Waals surface area (Å²) in [7, 11) is 3.15. The number of nitrogens with zero attached hydrogens (tertiary/aromatic N) is 4. The van der Waals surface area contributed by atoms with Gasteiger partial charge in [0.05, 0.1) is 25.5 Å². The molecule has 0 bridgehead atoms. The number of aromatic nitrogens is 2. The first-order valence-electron chi connectivity index (χ1n) is 9.44. The van der Waals surface area contributed by atoms with Crippen molar-refractivity contribution in [1.29, 1.82) is 0 Å². The molecule has 2 aromatic rings. The molecule has 1 amide bonds. The Kier molecular flexibility index (Phi) is 7.06. The Morgan fingerprint density at radius 3 is 2.58 bits per heavy atom. The van der Waals surface area contributed by atoms with Crippen LogP contribution in [0.5, 0.6) is 5.75 Å². The third-order valence-electron chi connectivity index (χ3n) is 4.74. The molecular weight excluding hydrogens is 437 g/mol. The molecule has 31 heavy (non-hydrogen) atoms. The van der Waals surface area contributed by atoms with Crippen LogP contribution in [0.15, 0.2) is 24.4 Å². The molecule has 3 rings (SSSR count). The lowest BCUT2D eigenvalue weighted by Crippen LogP contribution is -2.50. The number of hydrogen-bond donors (Lipinski definition) is 2. The highest BCUT2D eigenvalue weighted by molar-refractivity contribution is 6.32. The second kappa shape index (κ2) is 9.56. The lowest BCUT2D eigenvalue weighted by Gasteiger charge is -2.35. The number of ether oxygens (including phenoxy) is 1. The van der Waals surface area contributed by atoms with Crippen LogP contribution in [0.25, 0.3) is 0 Å².